The minimum absolute atomic E-state index is 0.420. The summed E-state index contributed by atoms with van der Waals surface area (Å²) >= 11 is 6.70. The highest BCUT2D eigenvalue weighted by atomic mass is 79.9. The van der Waals surface area contributed by atoms with Crippen molar-refractivity contribution < 1.29 is 4.52 Å². The van der Waals surface area contributed by atoms with Gasteiger partial charge < -0.3 is 0 Å². The molecule has 1 aromatic heterocycles. The van der Waals surface area contributed by atoms with Crippen LogP contribution < -0.4 is 5.76 Å². The molecule has 2 aromatic rings. The number of rotatable bonds is 1. The Morgan fingerprint density at radius 1 is 1.29 bits per heavy atom. The summed E-state index contributed by atoms with van der Waals surface area (Å²) < 4.78 is 6.23. The zero-order valence-electron chi connectivity index (χ0n) is 6.75. The number of benzene rings is 1. The van der Waals surface area contributed by atoms with Crippen molar-refractivity contribution >= 4 is 31.9 Å². The van der Waals surface area contributed by atoms with Crippen LogP contribution in [-0.4, -0.2) is 10.1 Å². The third-order valence-electron chi connectivity index (χ3n) is 1.63. The Kier molecular flexibility index (Phi) is 2.56. The number of hydrogen-bond donors (Lipinski definition) is 1. The number of nitrogens with one attached hydrogen (secondary N) is 1. The van der Waals surface area contributed by atoms with E-state index in [0.29, 0.717) is 5.82 Å². The van der Waals surface area contributed by atoms with E-state index >= 15 is 0 Å². The third-order valence-corrected chi connectivity index (χ3v) is 3.51. The second kappa shape index (κ2) is 3.70. The number of aromatic nitrogens is 2. The van der Waals surface area contributed by atoms with Gasteiger partial charge in [0.2, 0.25) is 0 Å². The van der Waals surface area contributed by atoms with E-state index < -0.39 is 5.76 Å². The highest BCUT2D eigenvalue weighted by Gasteiger charge is 2.05. The third kappa shape index (κ3) is 1.80. The molecule has 4 nitrogen and oxygen atoms in total. The molecule has 0 amide bonds. The normalized spacial score (nSPS) is 10.4. The topological polar surface area (TPSA) is 58.9 Å². The second-order valence-corrected chi connectivity index (χ2v) is 4.28. The fourth-order valence-electron chi connectivity index (χ4n) is 0.998. The molecule has 1 aromatic carbocycles. The average Bonchev–Trinajstić information content (AvgIpc) is 2.57. The van der Waals surface area contributed by atoms with Crippen molar-refractivity contribution in [1.82, 2.24) is 10.1 Å². The zero-order chi connectivity index (χ0) is 10.1. The molecule has 0 saturated heterocycles. The maximum atomic E-state index is 10.7. The van der Waals surface area contributed by atoms with E-state index in [-0.39, 0.29) is 0 Å². The smallest absolute Gasteiger partial charge is 0.296 e. The first-order valence-electron chi connectivity index (χ1n) is 3.68. The lowest BCUT2D eigenvalue weighted by atomic mass is 10.2. The van der Waals surface area contributed by atoms with Crippen LogP contribution in [0.2, 0.25) is 0 Å². The molecule has 0 aliphatic rings. The van der Waals surface area contributed by atoms with Gasteiger partial charge in [-0.3, -0.25) is 9.51 Å². The Labute approximate surface area is 95.6 Å². The zero-order valence-corrected chi connectivity index (χ0v) is 9.92. The van der Waals surface area contributed by atoms with Crippen molar-refractivity contribution in [3.8, 4) is 11.4 Å². The summed E-state index contributed by atoms with van der Waals surface area (Å²) in [7, 11) is 0. The molecule has 0 aliphatic heterocycles. The molecule has 0 fully saturated rings. The van der Waals surface area contributed by atoms with Crippen LogP contribution >= 0.6 is 31.9 Å². The van der Waals surface area contributed by atoms with Gasteiger partial charge in [0.1, 0.15) is 0 Å². The van der Waals surface area contributed by atoms with Crippen LogP contribution in [0.4, 0.5) is 0 Å². The molecule has 6 heteroatoms. The van der Waals surface area contributed by atoms with E-state index in [0.717, 1.165) is 14.5 Å². The van der Waals surface area contributed by atoms with E-state index in [9.17, 15) is 4.79 Å². The van der Waals surface area contributed by atoms with Gasteiger partial charge in [0.25, 0.3) is 0 Å². The van der Waals surface area contributed by atoms with Gasteiger partial charge in [0, 0.05) is 14.5 Å². The van der Waals surface area contributed by atoms with Gasteiger partial charge in [0.05, 0.1) is 0 Å². The number of H-pyrrole nitrogens is 1. The molecular formula is C8H4Br2N2O2. The number of hydrogen-bond acceptors (Lipinski definition) is 3. The molecule has 0 aliphatic carbocycles. The van der Waals surface area contributed by atoms with Gasteiger partial charge in [-0.05, 0) is 50.1 Å². The summed E-state index contributed by atoms with van der Waals surface area (Å²) in [6.07, 6.45) is 0. The van der Waals surface area contributed by atoms with E-state index in [1.54, 1.807) is 0 Å². The van der Waals surface area contributed by atoms with Crippen LogP contribution in [0.3, 0.4) is 0 Å². The number of halogens is 2. The maximum Gasteiger partial charge on any atom is 0.439 e. The fourth-order valence-corrected chi connectivity index (χ4v) is 1.62. The van der Waals surface area contributed by atoms with E-state index in [1.807, 2.05) is 18.2 Å². The lowest BCUT2D eigenvalue weighted by Gasteiger charge is -1.98. The molecule has 0 spiro atoms. The molecule has 0 unspecified atom stereocenters. The standard InChI is InChI=1S/C8H4Br2N2O2/c9-5-2-1-4(3-6(5)10)7-11-8(13)14-12-7/h1-3H,(H,11,12,13). The first-order valence-corrected chi connectivity index (χ1v) is 5.27. The average molecular weight is 320 g/mol. The molecule has 2 rings (SSSR count). The monoisotopic (exact) mass is 318 g/mol. The minimum Gasteiger partial charge on any atom is -0.296 e. The molecule has 0 saturated carbocycles. The summed E-state index contributed by atoms with van der Waals surface area (Å²) in [5.74, 6) is -0.137. The second-order valence-electron chi connectivity index (χ2n) is 2.57. The van der Waals surface area contributed by atoms with Crippen molar-refractivity contribution in [3.05, 3.63) is 37.7 Å². The van der Waals surface area contributed by atoms with E-state index in [4.69, 9.17) is 0 Å². The summed E-state index contributed by atoms with van der Waals surface area (Å²) in [4.78, 5) is 13.2. The Morgan fingerprint density at radius 2 is 2.07 bits per heavy atom. The lowest BCUT2D eigenvalue weighted by Crippen LogP contribution is -1.94. The Bertz CT molecular complexity index is 518. The van der Waals surface area contributed by atoms with Crippen LogP contribution in [0.5, 0.6) is 0 Å². The SMILES string of the molecule is O=c1[nH]c(-c2ccc(Br)c(Br)c2)no1. The van der Waals surface area contributed by atoms with Crippen LogP contribution in [0.15, 0.2) is 36.5 Å². The Hall–Kier alpha value is -0.880. The van der Waals surface area contributed by atoms with Crippen molar-refractivity contribution in [2.24, 2.45) is 0 Å². The molecular weight excluding hydrogens is 316 g/mol. The van der Waals surface area contributed by atoms with Gasteiger partial charge in [-0.15, -0.1) is 0 Å². The minimum atomic E-state index is -0.556. The summed E-state index contributed by atoms with van der Waals surface area (Å²) in [5, 5.41) is 3.58. The predicted octanol–water partition coefficient (Wildman–Crippen LogP) is 2.55. The van der Waals surface area contributed by atoms with Gasteiger partial charge in [-0.1, -0.05) is 5.16 Å². The molecule has 0 radical (unpaired) electrons. The largest absolute Gasteiger partial charge is 0.439 e. The predicted molar refractivity (Wildman–Crippen MR) is 58.0 cm³/mol. The highest BCUT2D eigenvalue weighted by Crippen LogP contribution is 2.27. The quantitative estimate of drug-likeness (QED) is 0.878. The van der Waals surface area contributed by atoms with Gasteiger partial charge in [-0.2, -0.15) is 0 Å². The van der Waals surface area contributed by atoms with Gasteiger partial charge >= 0.3 is 5.76 Å². The van der Waals surface area contributed by atoms with Crippen molar-refractivity contribution in [2.75, 3.05) is 0 Å². The summed E-state index contributed by atoms with van der Waals surface area (Å²) in [6.45, 7) is 0. The van der Waals surface area contributed by atoms with E-state index in [2.05, 4.69) is 46.5 Å². The highest BCUT2D eigenvalue weighted by molar-refractivity contribution is 9.13. The first kappa shape index (κ1) is 9.67. The Morgan fingerprint density at radius 3 is 2.64 bits per heavy atom. The van der Waals surface area contributed by atoms with Crippen LogP contribution in [0.25, 0.3) is 11.4 Å². The van der Waals surface area contributed by atoms with Gasteiger partial charge in [-0.25, -0.2) is 4.79 Å². The van der Waals surface area contributed by atoms with Crippen LogP contribution in [-0.2, 0) is 0 Å². The molecule has 1 N–H and O–H groups in total. The maximum absolute atomic E-state index is 10.7. The summed E-state index contributed by atoms with van der Waals surface area (Å²) in [6, 6.07) is 5.51. The molecule has 1 heterocycles. The summed E-state index contributed by atoms with van der Waals surface area (Å²) in [5.41, 5.74) is 0.783. The fraction of sp³-hybridized carbons (Fsp3) is 0. The van der Waals surface area contributed by atoms with Crippen LogP contribution in [0.1, 0.15) is 0 Å². The molecule has 14 heavy (non-hydrogen) atoms. The van der Waals surface area contributed by atoms with E-state index in [1.165, 1.54) is 0 Å². The van der Waals surface area contributed by atoms with Crippen molar-refractivity contribution in [2.45, 2.75) is 0 Å². The number of nitrogens with zero attached hydrogens (tertiary/aromatic N) is 1. The van der Waals surface area contributed by atoms with Crippen LogP contribution in [0, 0.1) is 0 Å². The lowest BCUT2D eigenvalue weighted by molar-refractivity contribution is 0.388. The number of aromatic amines is 1. The molecule has 0 bridgehead atoms. The van der Waals surface area contributed by atoms with Crippen molar-refractivity contribution in [3.63, 3.8) is 0 Å². The van der Waals surface area contributed by atoms with Crippen molar-refractivity contribution in [1.29, 1.82) is 0 Å². The Balaban J connectivity index is 2.52. The first-order chi connectivity index (χ1) is 6.66. The molecule has 0 atom stereocenters. The molecule has 72 valence electrons. The van der Waals surface area contributed by atoms with Gasteiger partial charge in [0.15, 0.2) is 5.82 Å².